The van der Waals surface area contributed by atoms with Gasteiger partial charge < -0.3 is 15.6 Å². The van der Waals surface area contributed by atoms with E-state index in [1.165, 1.54) is 10.9 Å². The molecule has 4 N–H and O–H groups in total. The fraction of sp³-hybridized carbons (Fsp3) is 0.0800. The van der Waals surface area contributed by atoms with Crippen molar-refractivity contribution in [1.82, 2.24) is 25.1 Å². The number of rotatable bonds is 6. The molecule has 6 aromatic rings. The van der Waals surface area contributed by atoms with Crippen molar-refractivity contribution in [2.24, 2.45) is 0 Å². The Labute approximate surface area is 204 Å². The monoisotopic (exact) mass is 487 g/mol. The average molecular weight is 488 g/mol. The number of nitrogens with one attached hydrogen (secondary N) is 4. The predicted octanol–water partition coefficient (Wildman–Crippen LogP) is 6.69. The first-order valence-electron chi connectivity index (χ1n) is 10.8. The number of H-pyrrole nitrogens is 2. The van der Waals surface area contributed by atoms with E-state index >= 15 is 0 Å². The lowest BCUT2D eigenvalue weighted by atomic mass is 10.1. The zero-order valence-corrected chi connectivity index (χ0v) is 19.4. The molecule has 0 aliphatic rings. The smallest absolute Gasteiger partial charge is 0.229 e. The number of hydrogen-bond donors (Lipinski definition) is 4. The molecule has 6 rings (SSSR count). The summed E-state index contributed by atoms with van der Waals surface area (Å²) < 4.78 is 0. The van der Waals surface area contributed by atoms with Gasteiger partial charge >= 0.3 is 0 Å². The molecule has 3 aromatic heterocycles. The van der Waals surface area contributed by atoms with Crippen LogP contribution < -0.4 is 10.6 Å². The first-order chi connectivity index (χ1) is 16.6. The van der Waals surface area contributed by atoms with Crippen LogP contribution in [0.15, 0.2) is 67.0 Å². The number of aromatic nitrogens is 5. The lowest BCUT2D eigenvalue weighted by Gasteiger charge is -2.12. The largest absolute Gasteiger partial charge is 0.369 e. The quantitative estimate of drug-likeness (QED) is 0.210. The van der Waals surface area contributed by atoms with Crippen LogP contribution in [0.4, 0.5) is 17.5 Å². The normalized spacial score (nSPS) is 11.5. The molecule has 7 nitrogen and oxygen atoms in total. The Morgan fingerprint density at radius 3 is 2.79 bits per heavy atom. The molecule has 0 fully saturated rings. The van der Waals surface area contributed by atoms with Crippen LogP contribution in [0, 0.1) is 0 Å². The fourth-order valence-corrected chi connectivity index (χ4v) is 4.60. The maximum Gasteiger partial charge on any atom is 0.229 e. The first-order valence-corrected chi connectivity index (χ1v) is 11.6. The van der Waals surface area contributed by atoms with E-state index in [-0.39, 0.29) is 0 Å². The average Bonchev–Trinajstić information content (AvgIpc) is 3.47. The van der Waals surface area contributed by atoms with Crippen molar-refractivity contribution in [3.8, 4) is 0 Å². The summed E-state index contributed by atoms with van der Waals surface area (Å²) in [6.07, 6.45) is 4.63. The van der Waals surface area contributed by atoms with Crippen LogP contribution in [0.2, 0.25) is 10.0 Å². The van der Waals surface area contributed by atoms with E-state index in [4.69, 9.17) is 28.2 Å². The second kappa shape index (κ2) is 8.52. The molecule has 0 saturated carbocycles. The Kier molecular flexibility index (Phi) is 5.20. The third-order valence-electron chi connectivity index (χ3n) is 5.78. The van der Waals surface area contributed by atoms with E-state index in [1.54, 1.807) is 6.20 Å². The molecule has 3 heterocycles. The van der Waals surface area contributed by atoms with Crippen molar-refractivity contribution in [2.75, 3.05) is 17.2 Å². The number of para-hydroxylation sites is 1. The van der Waals surface area contributed by atoms with Crippen LogP contribution >= 0.6 is 23.2 Å². The summed E-state index contributed by atoms with van der Waals surface area (Å²) in [6, 6.07) is 17.7. The summed E-state index contributed by atoms with van der Waals surface area (Å²) in [6.45, 7) is 0.701. The van der Waals surface area contributed by atoms with E-state index in [0.717, 1.165) is 39.4 Å². The van der Waals surface area contributed by atoms with Crippen LogP contribution in [0.25, 0.3) is 32.7 Å². The Morgan fingerprint density at radius 2 is 1.85 bits per heavy atom. The minimum atomic E-state index is 0.461. The summed E-state index contributed by atoms with van der Waals surface area (Å²) in [5.41, 5.74) is 4.74. The lowest BCUT2D eigenvalue weighted by molar-refractivity contribution is 1.01. The molecule has 0 amide bonds. The highest BCUT2D eigenvalue weighted by Crippen LogP contribution is 2.30. The SMILES string of the molecule is Clc1ccc2nc(Nc3cc(Cl)c4[nH]ncc4c3)nc(NCCc3c[nH]c4ccccc34)c2c1. The second-order valence-corrected chi connectivity index (χ2v) is 8.85. The topological polar surface area (TPSA) is 94.3 Å². The van der Waals surface area contributed by atoms with E-state index in [9.17, 15) is 0 Å². The van der Waals surface area contributed by atoms with Gasteiger partial charge in [-0.3, -0.25) is 5.10 Å². The van der Waals surface area contributed by atoms with Gasteiger partial charge in [0.2, 0.25) is 5.95 Å². The van der Waals surface area contributed by atoms with E-state index < -0.39 is 0 Å². The molecule has 34 heavy (non-hydrogen) atoms. The van der Waals surface area contributed by atoms with Gasteiger partial charge in [0.25, 0.3) is 0 Å². The van der Waals surface area contributed by atoms with Gasteiger partial charge in [-0.1, -0.05) is 41.4 Å². The molecule has 0 atom stereocenters. The maximum atomic E-state index is 6.39. The summed E-state index contributed by atoms with van der Waals surface area (Å²) in [7, 11) is 0. The third-order valence-corrected chi connectivity index (χ3v) is 6.31. The van der Waals surface area contributed by atoms with Crippen molar-refractivity contribution >= 4 is 73.4 Å². The molecule has 9 heteroatoms. The summed E-state index contributed by atoms with van der Waals surface area (Å²) in [5.74, 6) is 1.17. The molecular formula is C25H19Cl2N7. The van der Waals surface area contributed by atoms with Crippen LogP contribution in [0.3, 0.4) is 0 Å². The number of anilines is 3. The molecular weight excluding hydrogens is 469 g/mol. The molecule has 0 bridgehead atoms. The summed E-state index contributed by atoms with van der Waals surface area (Å²) in [4.78, 5) is 12.8. The fourth-order valence-electron chi connectivity index (χ4n) is 4.16. The Hall–Kier alpha value is -3.81. The number of nitrogens with zero attached hydrogens (tertiary/aromatic N) is 3. The van der Waals surface area contributed by atoms with Crippen LogP contribution in [-0.2, 0) is 6.42 Å². The molecule has 0 saturated heterocycles. The van der Waals surface area contributed by atoms with Gasteiger partial charge in [0.1, 0.15) is 5.82 Å². The Bertz CT molecular complexity index is 1650. The minimum absolute atomic E-state index is 0.461. The molecule has 0 radical (unpaired) electrons. The van der Waals surface area contributed by atoms with Crippen molar-refractivity contribution in [3.05, 3.63) is 82.6 Å². The van der Waals surface area contributed by atoms with Crippen molar-refractivity contribution < 1.29 is 0 Å². The number of benzene rings is 3. The minimum Gasteiger partial charge on any atom is -0.369 e. The highest BCUT2D eigenvalue weighted by molar-refractivity contribution is 6.35. The Balaban J connectivity index is 1.30. The maximum absolute atomic E-state index is 6.39. The van der Waals surface area contributed by atoms with E-state index in [2.05, 4.69) is 55.2 Å². The van der Waals surface area contributed by atoms with E-state index in [1.807, 2.05) is 36.4 Å². The van der Waals surface area contributed by atoms with Crippen molar-refractivity contribution in [1.29, 1.82) is 0 Å². The molecule has 3 aromatic carbocycles. The molecule has 0 spiro atoms. The molecule has 168 valence electrons. The number of fused-ring (bicyclic) bond motifs is 3. The lowest BCUT2D eigenvalue weighted by Crippen LogP contribution is -2.09. The van der Waals surface area contributed by atoms with Gasteiger partial charge in [-0.05, 0) is 48.4 Å². The van der Waals surface area contributed by atoms with Crippen molar-refractivity contribution in [2.45, 2.75) is 6.42 Å². The number of hydrogen-bond acceptors (Lipinski definition) is 5. The van der Waals surface area contributed by atoms with Crippen molar-refractivity contribution in [3.63, 3.8) is 0 Å². The molecule has 0 aliphatic heterocycles. The molecule has 0 aliphatic carbocycles. The first kappa shape index (κ1) is 20.8. The highest BCUT2D eigenvalue weighted by Gasteiger charge is 2.11. The van der Waals surface area contributed by atoms with Gasteiger partial charge in [0.15, 0.2) is 0 Å². The predicted molar refractivity (Wildman–Crippen MR) is 139 cm³/mol. The Morgan fingerprint density at radius 1 is 0.941 bits per heavy atom. The second-order valence-electron chi connectivity index (χ2n) is 8.01. The highest BCUT2D eigenvalue weighted by atomic mass is 35.5. The van der Waals surface area contributed by atoms with Crippen LogP contribution in [0.5, 0.6) is 0 Å². The van der Waals surface area contributed by atoms with Crippen LogP contribution in [-0.4, -0.2) is 31.7 Å². The standard InChI is InChI=1S/C25H19Cl2N7/c26-16-5-6-22-19(10-16)24(28-8-7-14-12-29-21-4-2-1-3-18(14)21)33-25(32-22)31-17-9-15-13-30-34-23(15)20(27)11-17/h1-6,9-13,29H,7-8H2,(H,30,34)(H2,28,31,32,33). The van der Waals surface area contributed by atoms with Gasteiger partial charge in [-0.15, -0.1) is 0 Å². The van der Waals surface area contributed by atoms with Gasteiger partial charge in [0, 0.05) is 45.1 Å². The van der Waals surface area contributed by atoms with Gasteiger partial charge in [0.05, 0.1) is 22.3 Å². The van der Waals surface area contributed by atoms with E-state index in [0.29, 0.717) is 28.4 Å². The molecule has 0 unspecified atom stereocenters. The zero-order chi connectivity index (χ0) is 23.1. The third kappa shape index (κ3) is 3.89. The summed E-state index contributed by atoms with van der Waals surface area (Å²) >= 11 is 12.7. The number of aromatic amines is 2. The van der Waals surface area contributed by atoms with Gasteiger partial charge in [-0.25, -0.2) is 4.98 Å². The van der Waals surface area contributed by atoms with Crippen LogP contribution in [0.1, 0.15) is 5.56 Å². The zero-order valence-electron chi connectivity index (χ0n) is 17.9. The summed E-state index contributed by atoms with van der Waals surface area (Å²) in [5, 5.41) is 17.9. The number of halogens is 2. The van der Waals surface area contributed by atoms with Gasteiger partial charge in [-0.2, -0.15) is 10.1 Å².